The molecule has 4 bridgehead atoms. The fraction of sp³-hybridized carbons (Fsp3) is 0.531. The molecule has 0 atom stereocenters. The molecule has 0 aromatic heterocycles. The molecule has 0 radical (unpaired) electrons. The van der Waals surface area contributed by atoms with Gasteiger partial charge in [-0.2, -0.15) is 0 Å². The largest absolute Gasteiger partial charge is 0.477 e. The molecule has 11 nitrogen and oxygen atoms in total. The van der Waals surface area contributed by atoms with Gasteiger partial charge >= 0.3 is 12.1 Å². The number of hydrazine groups is 1. The van der Waals surface area contributed by atoms with Crippen LogP contribution in [0.1, 0.15) is 63.4 Å². The molecule has 1 aromatic carbocycles. The lowest BCUT2D eigenvalue weighted by molar-refractivity contribution is -0.384. The summed E-state index contributed by atoms with van der Waals surface area (Å²) in [4.78, 5) is 51.4. The van der Waals surface area contributed by atoms with Gasteiger partial charge in [-0.3, -0.25) is 24.8 Å². The summed E-state index contributed by atoms with van der Waals surface area (Å²) in [5.74, 6) is 0.537. The zero-order valence-corrected chi connectivity index (χ0v) is 24.2. The van der Waals surface area contributed by atoms with Crippen molar-refractivity contribution < 1.29 is 29.2 Å². The number of carbonyl (C=O) groups is 3. The third-order valence-electron chi connectivity index (χ3n) is 9.85. The molecule has 6 aliphatic rings. The molecule has 11 heteroatoms. The summed E-state index contributed by atoms with van der Waals surface area (Å²) in [5, 5.41) is 23.4. The molecule has 2 aliphatic heterocycles. The van der Waals surface area contributed by atoms with E-state index in [9.17, 15) is 29.6 Å². The summed E-state index contributed by atoms with van der Waals surface area (Å²) < 4.78 is 5.88. The number of carboxylic acids is 1. The van der Waals surface area contributed by atoms with Crippen LogP contribution in [0.15, 0.2) is 60.1 Å². The lowest BCUT2D eigenvalue weighted by Crippen LogP contribution is -2.49. The van der Waals surface area contributed by atoms with Crippen LogP contribution in [0, 0.1) is 33.3 Å². The van der Waals surface area contributed by atoms with Gasteiger partial charge in [-0.05, 0) is 105 Å². The van der Waals surface area contributed by atoms with Crippen molar-refractivity contribution in [2.75, 3.05) is 19.7 Å². The predicted molar refractivity (Wildman–Crippen MR) is 156 cm³/mol. The monoisotopic (exact) mass is 590 g/mol. The van der Waals surface area contributed by atoms with Crippen molar-refractivity contribution in [2.24, 2.45) is 23.2 Å². The highest BCUT2D eigenvalue weighted by molar-refractivity contribution is 6.01. The average Bonchev–Trinajstić information content (AvgIpc) is 3.13. The van der Waals surface area contributed by atoms with E-state index in [-0.39, 0.29) is 35.6 Å². The maximum absolute atomic E-state index is 13.8. The number of nitro benzene ring substituents is 1. The summed E-state index contributed by atoms with van der Waals surface area (Å²) in [6.07, 6.45) is 15.5. The van der Waals surface area contributed by atoms with Gasteiger partial charge in [0.25, 0.3) is 11.6 Å². The van der Waals surface area contributed by atoms with Crippen LogP contribution < -0.4 is 0 Å². The third kappa shape index (κ3) is 6.03. The Kier molecular flexibility index (Phi) is 7.98. The highest BCUT2D eigenvalue weighted by Gasteiger charge is 2.50. The van der Waals surface area contributed by atoms with E-state index in [0.29, 0.717) is 25.8 Å². The van der Waals surface area contributed by atoms with Gasteiger partial charge in [-0.15, -0.1) is 0 Å². The Hall–Kier alpha value is -4.15. The van der Waals surface area contributed by atoms with Crippen molar-refractivity contribution in [3.05, 3.63) is 75.8 Å². The summed E-state index contributed by atoms with van der Waals surface area (Å²) in [5.41, 5.74) is 1.01. The van der Waals surface area contributed by atoms with Gasteiger partial charge in [0.2, 0.25) is 0 Å². The highest BCUT2D eigenvalue weighted by atomic mass is 16.6. The Morgan fingerprint density at radius 3 is 2.40 bits per heavy atom. The molecule has 228 valence electrons. The minimum absolute atomic E-state index is 0.00427. The molecule has 0 spiro atoms. The van der Waals surface area contributed by atoms with E-state index in [0.717, 1.165) is 34.7 Å². The maximum atomic E-state index is 13.8. The number of carboxylic acid groups (broad SMARTS) is 1. The standard InChI is InChI=1S/C32H38N4O7/c37-29-27(5-2-12-33-13-3-6-28(30(38)39)35(29)33)34(14-1-4-22-7-9-26(10-8-22)36(41)42)31(40)43-15-11-32-19-23-16-24(20-32)18-25(17-23)21-32/h3,5-10,13,23-25H,1-2,4,11-12,14-21H2,(H,38,39). The first-order valence-electron chi connectivity index (χ1n) is 15.3. The molecular formula is C32H38N4O7. The molecular weight excluding hydrogens is 552 g/mol. The SMILES string of the molecule is O=C(O)C1=CC=CN2CCC=C(N(CCCc3ccc([N+](=O)[O-])cc3)C(=O)OCCC34CC5CC(CC(C5)C3)C4)C(=O)N12. The molecule has 0 saturated heterocycles. The number of hydrogen-bond acceptors (Lipinski definition) is 7. The second-order valence-electron chi connectivity index (χ2n) is 12.8. The van der Waals surface area contributed by atoms with Gasteiger partial charge in [0.15, 0.2) is 5.70 Å². The molecule has 2 heterocycles. The van der Waals surface area contributed by atoms with Crippen molar-refractivity contribution in [2.45, 2.75) is 64.2 Å². The van der Waals surface area contributed by atoms with E-state index in [4.69, 9.17) is 4.74 Å². The molecule has 0 unspecified atom stereocenters. The number of non-ortho nitro benzene ring substituents is 1. The van der Waals surface area contributed by atoms with Crippen LogP contribution in [0.4, 0.5) is 10.5 Å². The molecule has 43 heavy (non-hydrogen) atoms. The number of carbonyl (C=O) groups excluding carboxylic acids is 2. The number of ether oxygens (including phenoxy) is 1. The van der Waals surface area contributed by atoms with E-state index in [2.05, 4.69) is 0 Å². The van der Waals surface area contributed by atoms with Crippen LogP contribution in [0.2, 0.25) is 0 Å². The molecule has 2 amide bonds. The van der Waals surface area contributed by atoms with Crippen LogP contribution in [-0.4, -0.2) is 62.6 Å². The Morgan fingerprint density at radius 2 is 1.77 bits per heavy atom. The van der Waals surface area contributed by atoms with Crippen molar-refractivity contribution in [3.63, 3.8) is 0 Å². The van der Waals surface area contributed by atoms with E-state index < -0.39 is 22.9 Å². The van der Waals surface area contributed by atoms with Gasteiger partial charge in [0.1, 0.15) is 5.70 Å². The van der Waals surface area contributed by atoms with Crippen molar-refractivity contribution in [1.82, 2.24) is 14.9 Å². The number of allylic oxidation sites excluding steroid dienone is 2. The number of amides is 2. The van der Waals surface area contributed by atoms with Crippen molar-refractivity contribution in [3.8, 4) is 0 Å². The number of aryl methyl sites for hydroxylation is 1. The van der Waals surface area contributed by atoms with Gasteiger partial charge in [-0.25, -0.2) is 14.6 Å². The van der Waals surface area contributed by atoms with Crippen LogP contribution in [0.5, 0.6) is 0 Å². The number of nitrogens with zero attached hydrogens (tertiary/aromatic N) is 4. The molecule has 1 N–H and O–H groups in total. The second-order valence-corrected chi connectivity index (χ2v) is 12.8. The predicted octanol–water partition coefficient (Wildman–Crippen LogP) is 5.40. The smallest absolute Gasteiger partial charge is 0.414 e. The fourth-order valence-corrected chi connectivity index (χ4v) is 8.39. The van der Waals surface area contributed by atoms with Gasteiger partial charge in [0.05, 0.1) is 11.5 Å². The first kappa shape index (κ1) is 28.9. The Labute approximate surface area is 250 Å². The topological polar surface area (TPSA) is 134 Å². The normalized spacial score (nSPS) is 27.3. The summed E-state index contributed by atoms with van der Waals surface area (Å²) >= 11 is 0. The Bertz CT molecular complexity index is 1350. The van der Waals surface area contributed by atoms with Crippen molar-refractivity contribution >= 4 is 23.7 Å². The van der Waals surface area contributed by atoms with Crippen LogP contribution in [-0.2, 0) is 20.7 Å². The maximum Gasteiger partial charge on any atom is 0.414 e. The summed E-state index contributed by atoms with van der Waals surface area (Å²) in [7, 11) is 0. The average molecular weight is 591 g/mol. The number of aliphatic carboxylic acids is 1. The summed E-state index contributed by atoms with van der Waals surface area (Å²) in [6.45, 7) is 0.818. The van der Waals surface area contributed by atoms with Gasteiger partial charge < -0.3 is 9.84 Å². The third-order valence-corrected chi connectivity index (χ3v) is 9.85. The van der Waals surface area contributed by atoms with Crippen molar-refractivity contribution in [1.29, 1.82) is 0 Å². The molecule has 4 aliphatic carbocycles. The van der Waals surface area contributed by atoms with Gasteiger partial charge in [-0.1, -0.05) is 18.2 Å². The minimum atomic E-state index is -1.24. The Balaban J connectivity index is 1.16. The Morgan fingerprint density at radius 1 is 1.09 bits per heavy atom. The quantitative estimate of drug-likeness (QED) is 0.283. The summed E-state index contributed by atoms with van der Waals surface area (Å²) in [6, 6.07) is 6.26. The van der Waals surface area contributed by atoms with E-state index in [1.165, 1.54) is 61.6 Å². The number of hydrogen-bond donors (Lipinski definition) is 1. The van der Waals surface area contributed by atoms with E-state index in [1.54, 1.807) is 35.5 Å². The van der Waals surface area contributed by atoms with E-state index in [1.807, 2.05) is 0 Å². The minimum Gasteiger partial charge on any atom is -0.477 e. The van der Waals surface area contributed by atoms with Crippen LogP contribution in [0.3, 0.4) is 0 Å². The first-order chi connectivity index (χ1) is 20.7. The number of rotatable bonds is 10. The number of nitro groups is 1. The molecule has 4 saturated carbocycles. The lowest BCUT2D eigenvalue weighted by Gasteiger charge is -2.57. The number of fused-ring (bicyclic) bond motifs is 1. The zero-order chi connectivity index (χ0) is 30.1. The molecule has 1 aromatic rings. The lowest BCUT2D eigenvalue weighted by atomic mass is 9.49. The highest BCUT2D eigenvalue weighted by Crippen LogP contribution is 2.61. The fourth-order valence-electron chi connectivity index (χ4n) is 8.39. The zero-order valence-electron chi connectivity index (χ0n) is 24.2. The van der Waals surface area contributed by atoms with E-state index >= 15 is 0 Å². The number of benzene rings is 1. The van der Waals surface area contributed by atoms with Crippen LogP contribution in [0.25, 0.3) is 0 Å². The molecule has 4 fully saturated rings. The van der Waals surface area contributed by atoms with Gasteiger partial charge in [0, 0.05) is 31.4 Å². The second kappa shape index (κ2) is 11.9. The first-order valence-corrected chi connectivity index (χ1v) is 15.3. The molecule has 7 rings (SSSR count). The van der Waals surface area contributed by atoms with Crippen LogP contribution >= 0.6 is 0 Å².